The van der Waals surface area contributed by atoms with Crippen LogP contribution < -0.4 is 5.32 Å². The molecule has 4 aromatic rings. The zero-order valence-corrected chi connectivity index (χ0v) is 18.2. The number of non-ortho nitro benzene ring substituents is 1. The van der Waals surface area contributed by atoms with Crippen molar-refractivity contribution in [2.24, 2.45) is 0 Å². The summed E-state index contributed by atoms with van der Waals surface area (Å²) in [5.41, 5.74) is 0.163. The Labute approximate surface area is 198 Å². The summed E-state index contributed by atoms with van der Waals surface area (Å²) in [6, 6.07) is 22.0. The number of nitro groups is 1. The van der Waals surface area contributed by atoms with Crippen molar-refractivity contribution in [3.05, 3.63) is 111 Å². The Morgan fingerprint density at radius 1 is 0.941 bits per heavy atom. The van der Waals surface area contributed by atoms with Crippen LogP contribution in [0.2, 0.25) is 5.02 Å². The number of anilines is 1. The summed E-state index contributed by atoms with van der Waals surface area (Å²) in [5, 5.41) is 25.2. The Morgan fingerprint density at radius 3 is 2.24 bits per heavy atom. The summed E-state index contributed by atoms with van der Waals surface area (Å²) >= 11 is 6.09. The molecule has 9 heteroatoms. The number of fused-ring (bicyclic) bond motifs is 1. The number of esters is 1. The average molecular weight is 477 g/mol. The second-order valence-electron chi connectivity index (χ2n) is 7.32. The maximum atomic E-state index is 13.1. The molecule has 0 saturated heterocycles. The monoisotopic (exact) mass is 476 g/mol. The first-order valence-electron chi connectivity index (χ1n) is 10.1. The van der Waals surface area contributed by atoms with Gasteiger partial charge in [0, 0.05) is 17.7 Å². The number of rotatable bonds is 6. The molecule has 170 valence electrons. The summed E-state index contributed by atoms with van der Waals surface area (Å²) in [6.07, 6.45) is -1.38. The van der Waals surface area contributed by atoms with Gasteiger partial charge in [0.25, 0.3) is 11.6 Å². The minimum absolute atomic E-state index is 0.0483. The molecule has 1 amide bonds. The highest BCUT2D eigenvalue weighted by atomic mass is 35.5. The molecule has 0 saturated carbocycles. The van der Waals surface area contributed by atoms with E-state index >= 15 is 0 Å². The lowest BCUT2D eigenvalue weighted by atomic mass is 10.1. The minimum atomic E-state index is -1.38. The van der Waals surface area contributed by atoms with Crippen molar-refractivity contribution in [1.82, 2.24) is 0 Å². The van der Waals surface area contributed by atoms with Crippen LogP contribution in [0.15, 0.2) is 84.9 Å². The van der Waals surface area contributed by atoms with E-state index in [9.17, 15) is 24.8 Å². The standard InChI is InChI=1S/C25H17ClN2O6/c26-20-14-18(28(32)33)10-11-21(20)27-24(30)23(15-6-2-1-3-7-15)34-25(31)19-12-16-8-4-5-9-17(16)13-22(19)29/h1-14,23,29H,(H,27,30). The van der Waals surface area contributed by atoms with Gasteiger partial charge in [-0.25, -0.2) is 4.79 Å². The molecule has 4 rings (SSSR count). The number of phenols is 1. The Balaban J connectivity index is 1.63. The average Bonchev–Trinajstić information content (AvgIpc) is 2.83. The molecule has 8 nitrogen and oxygen atoms in total. The van der Waals surface area contributed by atoms with Crippen molar-refractivity contribution in [2.45, 2.75) is 6.10 Å². The highest BCUT2D eigenvalue weighted by molar-refractivity contribution is 6.34. The molecule has 0 bridgehead atoms. The number of nitro benzene ring substituents is 1. The van der Waals surface area contributed by atoms with Crippen molar-refractivity contribution in [3.63, 3.8) is 0 Å². The summed E-state index contributed by atoms with van der Waals surface area (Å²) in [7, 11) is 0. The number of aromatic hydroxyl groups is 1. The van der Waals surface area contributed by atoms with Crippen LogP contribution in [0.4, 0.5) is 11.4 Å². The number of hydrogen-bond acceptors (Lipinski definition) is 6. The normalized spacial score (nSPS) is 11.6. The van der Waals surface area contributed by atoms with E-state index in [1.807, 2.05) is 0 Å². The van der Waals surface area contributed by atoms with Gasteiger partial charge in [-0.05, 0) is 29.0 Å². The molecule has 2 N–H and O–H groups in total. The van der Waals surface area contributed by atoms with E-state index in [1.54, 1.807) is 54.6 Å². The number of halogens is 1. The van der Waals surface area contributed by atoms with E-state index in [-0.39, 0.29) is 27.7 Å². The number of ether oxygens (including phenoxy) is 1. The maximum absolute atomic E-state index is 13.1. The van der Waals surface area contributed by atoms with Gasteiger partial charge in [-0.15, -0.1) is 0 Å². The van der Waals surface area contributed by atoms with Gasteiger partial charge in [-0.2, -0.15) is 0 Å². The van der Waals surface area contributed by atoms with E-state index in [1.165, 1.54) is 24.3 Å². The zero-order valence-electron chi connectivity index (χ0n) is 17.5. The number of hydrogen-bond donors (Lipinski definition) is 2. The third-order valence-electron chi connectivity index (χ3n) is 5.07. The largest absolute Gasteiger partial charge is 0.507 e. The number of amides is 1. The van der Waals surface area contributed by atoms with Crippen molar-refractivity contribution in [2.75, 3.05) is 5.32 Å². The number of nitrogens with zero attached hydrogens (tertiary/aromatic N) is 1. The van der Waals surface area contributed by atoms with Crippen LogP contribution in [0, 0.1) is 10.1 Å². The van der Waals surface area contributed by atoms with Gasteiger partial charge in [0.15, 0.2) is 0 Å². The van der Waals surface area contributed by atoms with Gasteiger partial charge in [0.2, 0.25) is 6.10 Å². The second-order valence-corrected chi connectivity index (χ2v) is 7.73. The first-order valence-corrected chi connectivity index (χ1v) is 10.4. The molecule has 0 fully saturated rings. The van der Waals surface area contributed by atoms with Gasteiger partial charge in [-0.3, -0.25) is 14.9 Å². The van der Waals surface area contributed by atoms with Gasteiger partial charge in [-0.1, -0.05) is 66.2 Å². The first kappa shape index (κ1) is 22.8. The zero-order chi connectivity index (χ0) is 24.2. The van der Waals surface area contributed by atoms with E-state index in [2.05, 4.69) is 5.32 Å². The Hall–Kier alpha value is -4.43. The number of carbonyl (C=O) groups is 2. The van der Waals surface area contributed by atoms with Gasteiger partial charge in [0.05, 0.1) is 15.6 Å². The molecule has 0 spiro atoms. The summed E-state index contributed by atoms with van der Waals surface area (Å²) < 4.78 is 5.53. The Kier molecular flexibility index (Phi) is 6.42. The van der Waals surface area contributed by atoms with Crippen LogP contribution in [0.1, 0.15) is 22.0 Å². The SMILES string of the molecule is O=C(OC(C(=O)Nc1ccc([N+](=O)[O-])cc1Cl)c1ccccc1)c1cc2ccccc2cc1O. The maximum Gasteiger partial charge on any atom is 0.343 e. The van der Waals surface area contributed by atoms with Crippen molar-refractivity contribution >= 4 is 45.6 Å². The third-order valence-corrected chi connectivity index (χ3v) is 5.38. The number of phenolic OH excluding ortho intramolecular Hbond substituents is 1. The van der Waals surface area contributed by atoms with Crippen LogP contribution in [-0.4, -0.2) is 21.9 Å². The number of benzene rings is 4. The predicted octanol–water partition coefficient (Wildman–Crippen LogP) is 5.64. The quantitative estimate of drug-likeness (QED) is 0.211. The highest BCUT2D eigenvalue weighted by Crippen LogP contribution is 2.30. The molecular formula is C25H17ClN2O6. The molecule has 0 aliphatic carbocycles. The van der Waals surface area contributed by atoms with E-state index in [0.29, 0.717) is 10.9 Å². The summed E-state index contributed by atoms with van der Waals surface area (Å²) in [5.74, 6) is -1.91. The van der Waals surface area contributed by atoms with Crippen molar-refractivity contribution in [3.8, 4) is 5.75 Å². The molecule has 0 heterocycles. The molecule has 4 aromatic carbocycles. The molecule has 0 aliphatic heterocycles. The number of carbonyl (C=O) groups excluding carboxylic acids is 2. The summed E-state index contributed by atoms with van der Waals surface area (Å²) in [4.78, 5) is 36.4. The third kappa shape index (κ3) is 4.82. The fraction of sp³-hybridized carbons (Fsp3) is 0.0400. The molecular weight excluding hydrogens is 460 g/mol. The smallest absolute Gasteiger partial charge is 0.343 e. The molecule has 34 heavy (non-hydrogen) atoms. The van der Waals surface area contributed by atoms with Crippen LogP contribution >= 0.6 is 11.6 Å². The number of nitrogens with one attached hydrogen (secondary N) is 1. The van der Waals surface area contributed by atoms with Crippen molar-refractivity contribution in [1.29, 1.82) is 0 Å². The first-order chi connectivity index (χ1) is 16.3. The molecule has 0 aromatic heterocycles. The lowest BCUT2D eigenvalue weighted by molar-refractivity contribution is -0.384. The lowest BCUT2D eigenvalue weighted by Crippen LogP contribution is -2.26. The Bertz CT molecular complexity index is 1410. The molecule has 0 aliphatic rings. The van der Waals surface area contributed by atoms with Gasteiger partial charge < -0.3 is 15.2 Å². The van der Waals surface area contributed by atoms with Crippen LogP contribution in [0.25, 0.3) is 10.8 Å². The second kappa shape index (κ2) is 9.60. The van der Waals surface area contributed by atoms with Crippen LogP contribution in [-0.2, 0) is 9.53 Å². The fourth-order valence-electron chi connectivity index (χ4n) is 3.38. The van der Waals surface area contributed by atoms with E-state index < -0.39 is 22.9 Å². The van der Waals surface area contributed by atoms with Crippen molar-refractivity contribution < 1.29 is 24.4 Å². The van der Waals surface area contributed by atoms with E-state index in [0.717, 1.165) is 11.5 Å². The molecule has 0 radical (unpaired) electrons. The highest BCUT2D eigenvalue weighted by Gasteiger charge is 2.28. The van der Waals surface area contributed by atoms with Crippen LogP contribution in [0.3, 0.4) is 0 Å². The van der Waals surface area contributed by atoms with Gasteiger partial charge in [0.1, 0.15) is 11.3 Å². The summed E-state index contributed by atoms with van der Waals surface area (Å²) in [6.45, 7) is 0. The predicted molar refractivity (Wildman–Crippen MR) is 127 cm³/mol. The minimum Gasteiger partial charge on any atom is -0.507 e. The molecule has 1 unspecified atom stereocenters. The van der Waals surface area contributed by atoms with Crippen LogP contribution in [0.5, 0.6) is 5.75 Å². The van der Waals surface area contributed by atoms with Gasteiger partial charge >= 0.3 is 5.97 Å². The van der Waals surface area contributed by atoms with E-state index in [4.69, 9.17) is 16.3 Å². The topological polar surface area (TPSA) is 119 Å². The fourth-order valence-corrected chi connectivity index (χ4v) is 3.60. The lowest BCUT2D eigenvalue weighted by Gasteiger charge is -2.19. The molecule has 1 atom stereocenters. The Morgan fingerprint density at radius 2 is 1.59 bits per heavy atom.